The number of aliphatic carboxylic acids is 1. The number of nitrogens with zero attached hydrogens (tertiary/aromatic N) is 1. The smallest absolute Gasteiger partial charge is 0.317 e. The number of rotatable bonds is 10. The molecule has 2 fully saturated rings. The number of ketones is 1. The van der Waals surface area contributed by atoms with Crippen molar-refractivity contribution in [3.63, 3.8) is 0 Å². The molecule has 17 nitrogen and oxygen atoms in total. The number of methoxy groups -OCH3 is 2. The first kappa shape index (κ1) is 38.6. The number of aliphatic hydroxyl groups excluding tert-OH is 3. The minimum Gasteiger partial charge on any atom is -0.493 e. The molecule has 302 valence electrons. The summed E-state index contributed by atoms with van der Waals surface area (Å²) in [7, 11) is 3.08. The molecule has 0 amide bonds. The quantitative estimate of drug-likeness (QED) is 0.0886. The number of carboxylic acids is 1. The number of aliphatic hydroxyl groups is 3. The van der Waals surface area contributed by atoms with Crippen LogP contribution in [0.5, 0.6) is 28.7 Å². The van der Waals surface area contributed by atoms with Crippen LogP contribution in [0, 0.1) is 0 Å². The van der Waals surface area contributed by atoms with Crippen molar-refractivity contribution in [3.05, 3.63) is 75.8 Å². The van der Waals surface area contributed by atoms with Gasteiger partial charge in [0.2, 0.25) is 12.0 Å². The lowest BCUT2D eigenvalue weighted by Crippen LogP contribution is -2.66. The minimum absolute atomic E-state index is 0.110. The van der Waals surface area contributed by atoms with Gasteiger partial charge in [-0.05, 0) is 42.2 Å². The second kappa shape index (κ2) is 14.9. The van der Waals surface area contributed by atoms with Crippen LogP contribution in [0.15, 0.2) is 53.5 Å². The second-order valence-electron chi connectivity index (χ2n) is 14.8. The largest absolute Gasteiger partial charge is 0.493 e. The fraction of sp³-hybridized carbons (Fsp3) is 0.450. The predicted octanol–water partition coefficient (Wildman–Crippen LogP) is -0.156. The Hall–Kier alpha value is -5.30. The van der Waals surface area contributed by atoms with Crippen LogP contribution in [0.1, 0.15) is 60.8 Å². The van der Waals surface area contributed by atoms with Crippen LogP contribution in [0.4, 0.5) is 0 Å². The van der Waals surface area contributed by atoms with Gasteiger partial charge in [-0.2, -0.15) is 0 Å². The van der Waals surface area contributed by atoms with Gasteiger partial charge >= 0.3 is 11.9 Å². The molecule has 8 rings (SSSR count). The maximum Gasteiger partial charge on any atom is 0.317 e. The number of hydrogen-bond donors (Lipinski definition) is 6. The molecular formula is C40H43N3O14. The van der Waals surface area contributed by atoms with Crippen LogP contribution < -0.4 is 45.7 Å². The topological polar surface area (TPSA) is 261 Å². The zero-order valence-electron chi connectivity index (χ0n) is 31.0. The molecule has 1 saturated carbocycles. The molecule has 8 atom stereocenters. The molecule has 0 radical (unpaired) electrons. The molecule has 57 heavy (non-hydrogen) atoms. The highest BCUT2D eigenvalue weighted by molar-refractivity contribution is 5.90. The lowest BCUT2D eigenvalue weighted by Gasteiger charge is -2.48. The van der Waals surface area contributed by atoms with E-state index in [9.17, 15) is 29.7 Å². The molecule has 4 heterocycles. The van der Waals surface area contributed by atoms with Crippen molar-refractivity contribution in [3.8, 4) is 28.7 Å². The number of fused-ring (bicyclic) bond motifs is 7. The van der Waals surface area contributed by atoms with Gasteiger partial charge in [-0.1, -0.05) is 24.3 Å². The van der Waals surface area contributed by atoms with Gasteiger partial charge in [-0.25, -0.2) is 0 Å². The summed E-state index contributed by atoms with van der Waals surface area (Å²) in [6.45, 7) is 0.295. The molecule has 0 bridgehead atoms. The van der Waals surface area contributed by atoms with Crippen molar-refractivity contribution in [1.29, 1.82) is 0 Å². The average molecular weight is 790 g/mol. The Labute approximate surface area is 325 Å². The van der Waals surface area contributed by atoms with Crippen molar-refractivity contribution < 1.29 is 68.0 Å². The number of ether oxygens (including phenoxy) is 7. The molecule has 4 aliphatic heterocycles. The molecule has 1 spiro atoms. The van der Waals surface area contributed by atoms with E-state index in [0.717, 1.165) is 21.7 Å². The third-order valence-electron chi connectivity index (χ3n) is 11.4. The summed E-state index contributed by atoms with van der Waals surface area (Å²) in [5, 5.41) is 43.8. The van der Waals surface area contributed by atoms with Crippen molar-refractivity contribution in [2.75, 3.05) is 20.8 Å². The van der Waals surface area contributed by atoms with Crippen LogP contribution in [0.2, 0.25) is 0 Å². The third kappa shape index (κ3) is 6.63. The van der Waals surface area contributed by atoms with Crippen molar-refractivity contribution >= 4 is 23.3 Å². The molecular weight excluding hydrogens is 746 g/mol. The normalized spacial score (nSPS) is 27.2. The molecule has 5 aliphatic rings. The summed E-state index contributed by atoms with van der Waals surface area (Å²) in [6, 6.07) is 14.7. The van der Waals surface area contributed by atoms with Crippen LogP contribution in [-0.2, 0) is 23.9 Å². The Bertz CT molecular complexity index is 2240. The molecule has 0 aromatic heterocycles. The lowest BCUT2D eigenvalue weighted by molar-refractivity contribution is -0.291. The molecule has 8 N–H and O–H groups in total. The number of carbonyl (C=O) groups is 3. The number of esters is 1. The minimum atomic E-state index is -1.91. The number of hydrogen-bond acceptors (Lipinski definition) is 16. The standard InChI is InChI=1S/C40H43N3O14/c1-51-24-8-7-20-29-35(55-33(20)34(24)52-2)28-21(22-16-43-23-6-4-3-5-19(22)23)13-18(14-25(28)57-40(29)11-9-17(44)10-12-40)53-39-32(50)30(48)31(49)36(56-39)37(38(41)42)54-27(47)15-26(45)46/h3-8,13-14,29-32,35-39,48-50H,9-12,15-16,41-42H2,1-2H3,(H,45,46)/t29-,30-,31-,32+,35-,36-,37-,39+/m0/s1. The molecule has 3 aromatic carbocycles. The second-order valence-corrected chi connectivity index (χ2v) is 14.8. The number of nitrogens with two attached hydrogens (primary N) is 2. The summed E-state index contributed by atoms with van der Waals surface area (Å²) >= 11 is 0. The summed E-state index contributed by atoms with van der Waals surface area (Å²) in [4.78, 5) is 40.9. The average Bonchev–Trinajstić information content (AvgIpc) is 3.80. The maximum atomic E-state index is 12.7. The van der Waals surface area contributed by atoms with E-state index in [4.69, 9.17) is 54.7 Å². The number of benzene rings is 3. The molecule has 3 aromatic rings. The van der Waals surface area contributed by atoms with E-state index in [0.29, 0.717) is 66.4 Å². The first-order valence-corrected chi connectivity index (χ1v) is 18.6. The van der Waals surface area contributed by atoms with Gasteiger partial charge < -0.3 is 65.1 Å². The van der Waals surface area contributed by atoms with Crippen molar-refractivity contribution in [1.82, 2.24) is 0 Å². The van der Waals surface area contributed by atoms with Crippen molar-refractivity contribution in [2.24, 2.45) is 16.5 Å². The number of para-hydroxylation sites is 1. The zero-order valence-corrected chi connectivity index (χ0v) is 31.0. The van der Waals surface area contributed by atoms with Gasteiger partial charge in [0.05, 0.1) is 38.2 Å². The Morgan fingerprint density at radius 2 is 1.75 bits per heavy atom. The number of Topliss-reactive ketones (excluding diaryl/α,β-unsaturated/α-hetero) is 1. The van der Waals surface area contributed by atoms with Gasteiger partial charge in [0.1, 0.15) is 59.8 Å². The van der Waals surface area contributed by atoms with Gasteiger partial charge in [0.25, 0.3) is 0 Å². The fourth-order valence-corrected chi connectivity index (χ4v) is 8.77. The Morgan fingerprint density at radius 3 is 2.46 bits per heavy atom. The van der Waals surface area contributed by atoms with E-state index in [1.165, 1.54) is 7.11 Å². The van der Waals surface area contributed by atoms with Gasteiger partial charge in [0, 0.05) is 35.3 Å². The highest BCUT2D eigenvalue weighted by atomic mass is 16.7. The zero-order chi connectivity index (χ0) is 40.3. The Kier molecular flexibility index (Phi) is 10.1. The first-order valence-electron chi connectivity index (χ1n) is 18.6. The van der Waals surface area contributed by atoms with Crippen LogP contribution >= 0.6 is 0 Å². The van der Waals surface area contributed by atoms with E-state index in [1.807, 2.05) is 36.4 Å². The summed E-state index contributed by atoms with van der Waals surface area (Å²) in [5.74, 6) is -1.05. The maximum absolute atomic E-state index is 12.7. The predicted molar refractivity (Wildman–Crippen MR) is 195 cm³/mol. The fourth-order valence-electron chi connectivity index (χ4n) is 8.77. The highest BCUT2D eigenvalue weighted by Crippen LogP contribution is 2.64. The van der Waals surface area contributed by atoms with E-state index >= 15 is 0 Å². The summed E-state index contributed by atoms with van der Waals surface area (Å²) < 4.78 is 42.9. The lowest BCUT2D eigenvalue weighted by atomic mass is 9.67. The monoisotopic (exact) mass is 789 g/mol. The number of carboxylic acid groups (broad SMARTS) is 1. The highest BCUT2D eigenvalue weighted by Gasteiger charge is 2.58. The van der Waals surface area contributed by atoms with E-state index in [2.05, 4.69) is 0 Å². The molecule has 0 unspecified atom stereocenters. The van der Waals surface area contributed by atoms with E-state index < -0.39 is 73.0 Å². The van der Waals surface area contributed by atoms with E-state index in [1.54, 1.807) is 19.2 Å². The van der Waals surface area contributed by atoms with Crippen LogP contribution in [0.25, 0.3) is 5.57 Å². The van der Waals surface area contributed by atoms with Gasteiger partial charge in [-0.15, -0.1) is 0 Å². The summed E-state index contributed by atoms with van der Waals surface area (Å²) in [5.41, 5.74) is 13.9. The summed E-state index contributed by atoms with van der Waals surface area (Å²) in [6.07, 6.45) is -12.4. The Morgan fingerprint density at radius 1 is 1.00 bits per heavy atom. The van der Waals surface area contributed by atoms with Crippen LogP contribution in [-0.4, -0.2) is 107 Å². The third-order valence-corrected chi connectivity index (χ3v) is 11.4. The molecule has 1 aliphatic carbocycles. The van der Waals surface area contributed by atoms with E-state index in [-0.39, 0.29) is 17.5 Å². The van der Waals surface area contributed by atoms with Gasteiger partial charge in [0.15, 0.2) is 17.6 Å². The SMILES string of the molecule is COc1ccc2c(c1OC)O[C@H]1c3c(cc(O[C@@H]4O[C@H]([C@H](OC(=O)CC(=O)O)C(N)N)[C@@H](O)[C@H](O)[C@H]4O)cc3C3=c4ccccc4=NC3)OC3(CCC(=O)CC3)[C@@H]21. The first-order chi connectivity index (χ1) is 27.3. The van der Waals surface area contributed by atoms with Crippen LogP contribution in [0.3, 0.4) is 0 Å². The molecule has 1 saturated heterocycles. The number of carbonyl (C=O) groups excluding carboxylic acids is 2. The molecule has 17 heteroatoms. The van der Waals surface area contributed by atoms with Gasteiger partial charge in [-0.3, -0.25) is 19.4 Å². The Balaban J connectivity index is 1.25. The van der Waals surface area contributed by atoms with Crippen molar-refractivity contribution in [2.45, 2.75) is 92.7 Å².